The Bertz CT molecular complexity index is 1420. The summed E-state index contributed by atoms with van der Waals surface area (Å²) in [6.07, 6.45) is 5.26. The van der Waals surface area contributed by atoms with Crippen molar-refractivity contribution >= 4 is 34.1 Å². The van der Waals surface area contributed by atoms with Crippen molar-refractivity contribution in [3.63, 3.8) is 0 Å². The Morgan fingerprint density at radius 2 is 1.90 bits per heavy atom. The maximum absolute atomic E-state index is 12.2. The van der Waals surface area contributed by atoms with E-state index in [0.29, 0.717) is 44.1 Å². The molecule has 4 heterocycles. The number of likely N-dealkylation sites (N-methyl/N-ethyl adjacent to an activating group) is 2. The minimum Gasteiger partial charge on any atom is -0.485 e. The average Bonchev–Trinajstić information content (AvgIpc) is 3.40. The third kappa shape index (κ3) is 4.99. The quantitative estimate of drug-likeness (QED) is 0.382. The van der Waals surface area contributed by atoms with E-state index in [1.165, 1.54) is 12.5 Å². The maximum Gasteiger partial charge on any atom is 0.318 e. The molecule has 0 spiro atoms. The van der Waals surface area contributed by atoms with Crippen molar-refractivity contribution in [3.8, 4) is 11.8 Å². The molecule has 0 bridgehead atoms. The highest BCUT2D eigenvalue weighted by atomic mass is 35.5. The van der Waals surface area contributed by atoms with Crippen LogP contribution in [0.3, 0.4) is 0 Å². The van der Waals surface area contributed by atoms with Crippen LogP contribution in [-0.2, 0) is 4.79 Å². The molecule has 2 fully saturated rings. The summed E-state index contributed by atoms with van der Waals surface area (Å²) in [6.45, 7) is 7.03. The lowest BCUT2D eigenvalue weighted by atomic mass is 9.91. The second-order valence-electron chi connectivity index (χ2n) is 11.1. The van der Waals surface area contributed by atoms with E-state index in [-0.39, 0.29) is 17.9 Å². The molecule has 6 rings (SSSR count). The van der Waals surface area contributed by atoms with E-state index in [1.807, 2.05) is 17.0 Å². The highest BCUT2D eigenvalue weighted by molar-refractivity contribution is 6.35. The van der Waals surface area contributed by atoms with E-state index in [2.05, 4.69) is 54.7 Å². The van der Waals surface area contributed by atoms with Crippen LogP contribution in [0.15, 0.2) is 49.1 Å². The number of piperidine rings is 1. The zero-order valence-corrected chi connectivity index (χ0v) is 23.9. The van der Waals surface area contributed by atoms with Crippen molar-refractivity contribution < 1.29 is 14.3 Å². The normalized spacial score (nSPS) is 21.8. The van der Waals surface area contributed by atoms with Crippen molar-refractivity contribution in [2.45, 2.75) is 43.7 Å². The second kappa shape index (κ2) is 11.3. The lowest BCUT2D eigenvalue weighted by Crippen LogP contribution is -2.38. The monoisotopic (exact) mass is 561 g/mol. The molecule has 40 heavy (non-hydrogen) atoms. The number of carbonyl (C=O) groups excluding carboxylic acids is 1. The zero-order chi connectivity index (χ0) is 27.8. The molecule has 1 aromatic heterocycles. The Kier molecular flexibility index (Phi) is 7.55. The number of hydrogen-bond acceptors (Lipinski definition) is 7. The summed E-state index contributed by atoms with van der Waals surface area (Å²) < 4.78 is 12.8. The number of aromatic nitrogens is 2. The fourth-order valence-electron chi connectivity index (χ4n) is 6.34. The molecule has 210 valence electrons. The van der Waals surface area contributed by atoms with E-state index in [4.69, 9.17) is 31.0 Å². The number of rotatable bonds is 6. The van der Waals surface area contributed by atoms with Crippen LogP contribution in [0.25, 0.3) is 10.8 Å². The molecule has 2 unspecified atom stereocenters. The smallest absolute Gasteiger partial charge is 0.318 e. The van der Waals surface area contributed by atoms with Crippen molar-refractivity contribution in [3.05, 3.63) is 65.3 Å². The average molecular weight is 562 g/mol. The molecule has 0 saturated carbocycles. The molecule has 2 aromatic carbocycles. The topological polar surface area (TPSA) is 71.0 Å². The molecule has 3 aliphatic heterocycles. The van der Waals surface area contributed by atoms with Crippen LogP contribution in [0.4, 0.5) is 5.82 Å². The van der Waals surface area contributed by atoms with Gasteiger partial charge in [0.1, 0.15) is 13.2 Å². The van der Waals surface area contributed by atoms with Gasteiger partial charge < -0.3 is 24.2 Å². The van der Waals surface area contributed by atoms with Crippen LogP contribution >= 0.6 is 11.6 Å². The van der Waals surface area contributed by atoms with E-state index in [1.54, 1.807) is 0 Å². The number of hydrogen-bond donors (Lipinski definition) is 0. The van der Waals surface area contributed by atoms with Crippen LogP contribution in [0.1, 0.15) is 48.9 Å². The van der Waals surface area contributed by atoms with Crippen LogP contribution in [-0.4, -0.2) is 78.7 Å². The fraction of sp³-hybridized carbons (Fsp3) is 0.452. The summed E-state index contributed by atoms with van der Waals surface area (Å²) >= 11 is 6.70. The van der Waals surface area contributed by atoms with E-state index in [0.717, 1.165) is 58.7 Å². The number of amides is 1. The van der Waals surface area contributed by atoms with Gasteiger partial charge in [0.2, 0.25) is 5.91 Å². The summed E-state index contributed by atoms with van der Waals surface area (Å²) in [5.41, 5.74) is 1.97. The van der Waals surface area contributed by atoms with Gasteiger partial charge in [-0.1, -0.05) is 48.5 Å². The molecule has 8 nitrogen and oxygen atoms in total. The number of benzene rings is 2. The summed E-state index contributed by atoms with van der Waals surface area (Å²) in [6, 6.07) is 12.9. The lowest BCUT2D eigenvalue weighted by molar-refractivity contribution is -0.127. The van der Waals surface area contributed by atoms with E-state index in [9.17, 15) is 4.79 Å². The van der Waals surface area contributed by atoms with Gasteiger partial charge in [-0.2, -0.15) is 9.97 Å². The number of carbonyl (C=O) groups is 1. The summed E-state index contributed by atoms with van der Waals surface area (Å²) in [7, 11) is 4.19. The molecule has 1 amide bonds. The highest BCUT2D eigenvalue weighted by Crippen LogP contribution is 2.45. The van der Waals surface area contributed by atoms with Crippen LogP contribution in [0, 0.1) is 0 Å². The molecule has 0 aliphatic carbocycles. The first-order valence-electron chi connectivity index (χ1n) is 14.1. The second-order valence-corrected chi connectivity index (χ2v) is 11.5. The van der Waals surface area contributed by atoms with Crippen molar-refractivity contribution in [1.29, 1.82) is 0 Å². The molecule has 3 aliphatic rings. The number of anilines is 1. The molecule has 0 N–H and O–H groups in total. The van der Waals surface area contributed by atoms with Gasteiger partial charge in [-0.15, -0.1) is 0 Å². The first kappa shape index (κ1) is 26.8. The Hall–Kier alpha value is -3.36. The predicted octanol–water partition coefficient (Wildman–Crippen LogP) is 5.22. The van der Waals surface area contributed by atoms with Gasteiger partial charge in [-0.3, -0.25) is 4.79 Å². The molecular formula is C31H36ClN5O3. The first-order valence-corrected chi connectivity index (χ1v) is 14.5. The Morgan fingerprint density at radius 1 is 1.12 bits per heavy atom. The van der Waals surface area contributed by atoms with Gasteiger partial charge in [-0.25, -0.2) is 0 Å². The number of likely N-dealkylation sites (tertiary alicyclic amines) is 2. The van der Waals surface area contributed by atoms with Crippen LogP contribution < -0.4 is 14.4 Å². The number of fused-ring (bicyclic) bond motifs is 2. The Morgan fingerprint density at radius 3 is 2.62 bits per heavy atom. The first-order chi connectivity index (χ1) is 19.4. The van der Waals surface area contributed by atoms with Crippen molar-refractivity contribution in [2.75, 3.05) is 51.8 Å². The molecule has 9 heteroatoms. The van der Waals surface area contributed by atoms with Crippen LogP contribution in [0.5, 0.6) is 11.8 Å². The van der Waals surface area contributed by atoms with Crippen molar-refractivity contribution in [2.24, 2.45) is 0 Å². The van der Waals surface area contributed by atoms with E-state index >= 15 is 0 Å². The molecular weight excluding hydrogens is 526 g/mol. The van der Waals surface area contributed by atoms with Gasteiger partial charge in [0.15, 0.2) is 11.6 Å². The molecule has 3 aromatic rings. The van der Waals surface area contributed by atoms with E-state index < -0.39 is 0 Å². The molecule has 0 radical (unpaired) electrons. The Balaban J connectivity index is 1.35. The molecule has 2 saturated heterocycles. The zero-order valence-electron chi connectivity index (χ0n) is 23.2. The number of nitrogens with zero attached hydrogens (tertiary/aromatic N) is 5. The minimum absolute atomic E-state index is 0.0274. The predicted molar refractivity (Wildman–Crippen MR) is 158 cm³/mol. The summed E-state index contributed by atoms with van der Waals surface area (Å²) in [5, 5.41) is 2.85. The third-order valence-corrected chi connectivity index (χ3v) is 9.04. The number of ether oxygens (including phenoxy) is 2. The lowest BCUT2D eigenvalue weighted by Gasteiger charge is -2.38. The Labute approximate surface area is 240 Å². The van der Waals surface area contributed by atoms with Crippen LogP contribution in [0.2, 0.25) is 5.02 Å². The largest absolute Gasteiger partial charge is 0.485 e. The van der Waals surface area contributed by atoms with Crippen molar-refractivity contribution in [1.82, 2.24) is 19.8 Å². The van der Waals surface area contributed by atoms with Gasteiger partial charge in [0.05, 0.1) is 11.7 Å². The third-order valence-electron chi connectivity index (χ3n) is 8.73. The fourth-order valence-corrected chi connectivity index (χ4v) is 6.63. The summed E-state index contributed by atoms with van der Waals surface area (Å²) in [4.78, 5) is 28.4. The highest BCUT2D eigenvalue weighted by Gasteiger charge is 2.36. The minimum atomic E-state index is -0.0836. The van der Waals surface area contributed by atoms with Gasteiger partial charge >= 0.3 is 6.01 Å². The SMILES string of the molecule is C=CC(=O)N1CCC(c2nc(OCC3CCCN3C)nc3c2OCC(c2cccc4cccc(Cl)c24)N3C)CC1. The van der Waals surface area contributed by atoms with Gasteiger partial charge in [0.25, 0.3) is 0 Å². The maximum atomic E-state index is 12.2. The van der Waals surface area contributed by atoms with Gasteiger partial charge in [0, 0.05) is 42.5 Å². The summed E-state index contributed by atoms with van der Waals surface area (Å²) in [5.74, 6) is 1.55. The number of halogens is 1. The molecule has 2 atom stereocenters. The van der Waals surface area contributed by atoms with Gasteiger partial charge in [-0.05, 0) is 62.4 Å². The standard InChI is InChI=1S/C31H36ClN5O3/c1-4-26(38)37-16-13-21(14-17-37)28-29-30(34-31(33-28)40-18-22-10-7-15-35(22)2)36(3)25(19-39-29)23-11-5-8-20-9-6-12-24(32)27(20)23/h4-6,8-9,11-12,21-22,25H,1,7,10,13-19H2,2-3H3.